The van der Waals surface area contributed by atoms with Crippen LogP contribution in [0.3, 0.4) is 0 Å². The number of halogens is 2. The van der Waals surface area contributed by atoms with Crippen molar-refractivity contribution in [3.05, 3.63) is 94.3 Å². The number of hydrogen-bond donors (Lipinski definition) is 1. The van der Waals surface area contributed by atoms with E-state index in [9.17, 15) is 14.0 Å². The summed E-state index contributed by atoms with van der Waals surface area (Å²) in [4.78, 5) is 24.4. The molecule has 4 nitrogen and oxygen atoms in total. The van der Waals surface area contributed by atoms with Crippen LogP contribution in [0.5, 0.6) is 5.75 Å². The topological polar surface area (TPSA) is 55.4 Å². The molecule has 142 valence electrons. The van der Waals surface area contributed by atoms with Gasteiger partial charge >= 0.3 is 0 Å². The van der Waals surface area contributed by atoms with Crippen molar-refractivity contribution in [2.75, 3.05) is 11.9 Å². The maximum atomic E-state index is 13.0. The van der Waals surface area contributed by atoms with Gasteiger partial charge in [0.25, 0.3) is 5.91 Å². The van der Waals surface area contributed by atoms with Crippen molar-refractivity contribution in [3.63, 3.8) is 0 Å². The van der Waals surface area contributed by atoms with Crippen LogP contribution in [0.1, 0.15) is 21.5 Å². The highest BCUT2D eigenvalue weighted by Crippen LogP contribution is 2.20. The van der Waals surface area contributed by atoms with E-state index in [1.807, 2.05) is 13.0 Å². The van der Waals surface area contributed by atoms with E-state index in [2.05, 4.69) is 5.32 Å². The van der Waals surface area contributed by atoms with E-state index in [1.165, 1.54) is 24.3 Å². The predicted octanol–water partition coefficient (Wildman–Crippen LogP) is 5.04. The SMILES string of the molecule is Cc1ccc(Cl)cc1NC(=O)COc1ccc(C(=O)c2ccc(F)cc2)cc1. The van der Waals surface area contributed by atoms with Crippen molar-refractivity contribution in [3.8, 4) is 5.75 Å². The summed E-state index contributed by atoms with van der Waals surface area (Å²) in [6, 6.07) is 17.0. The van der Waals surface area contributed by atoms with Crippen molar-refractivity contribution < 1.29 is 18.7 Å². The second-order valence-corrected chi connectivity index (χ2v) is 6.59. The summed E-state index contributed by atoms with van der Waals surface area (Å²) in [5.41, 5.74) is 2.35. The minimum atomic E-state index is -0.397. The van der Waals surface area contributed by atoms with Crippen molar-refractivity contribution in [1.82, 2.24) is 0 Å². The van der Waals surface area contributed by atoms with E-state index < -0.39 is 5.82 Å². The lowest BCUT2D eigenvalue weighted by molar-refractivity contribution is -0.118. The summed E-state index contributed by atoms with van der Waals surface area (Å²) < 4.78 is 18.4. The van der Waals surface area contributed by atoms with Crippen LogP contribution in [0, 0.1) is 12.7 Å². The molecule has 0 spiro atoms. The number of hydrogen-bond acceptors (Lipinski definition) is 3. The van der Waals surface area contributed by atoms with Crippen molar-refractivity contribution in [1.29, 1.82) is 0 Å². The Labute approximate surface area is 166 Å². The first kappa shape index (κ1) is 19.6. The zero-order valence-electron chi connectivity index (χ0n) is 15.0. The van der Waals surface area contributed by atoms with Crippen LogP contribution in [0.4, 0.5) is 10.1 Å². The Morgan fingerprint density at radius 1 is 0.964 bits per heavy atom. The van der Waals surface area contributed by atoms with Gasteiger partial charge in [-0.05, 0) is 73.2 Å². The third kappa shape index (κ3) is 4.96. The monoisotopic (exact) mass is 397 g/mol. The molecule has 0 radical (unpaired) electrons. The van der Waals surface area contributed by atoms with E-state index in [1.54, 1.807) is 36.4 Å². The first-order valence-corrected chi connectivity index (χ1v) is 8.89. The van der Waals surface area contributed by atoms with Crippen molar-refractivity contribution >= 4 is 29.0 Å². The van der Waals surface area contributed by atoms with Gasteiger partial charge in [-0.2, -0.15) is 0 Å². The molecule has 1 N–H and O–H groups in total. The Morgan fingerprint density at radius 3 is 2.21 bits per heavy atom. The Bertz CT molecular complexity index is 1000. The summed E-state index contributed by atoms with van der Waals surface area (Å²) >= 11 is 5.94. The van der Waals surface area contributed by atoms with Gasteiger partial charge in [0.1, 0.15) is 11.6 Å². The Hall–Kier alpha value is -3.18. The average molecular weight is 398 g/mol. The molecule has 0 aliphatic heterocycles. The largest absolute Gasteiger partial charge is 0.484 e. The zero-order valence-corrected chi connectivity index (χ0v) is 15.8. The lowest BCUT2D eigenvalue weighted by Gasteiger charge is -2.10. The molecule has 0 saturated carbocycles. The molecule has 3 aromatic rings. The number of nitrogens with one attached hydrogen (secondary N) is 1. The fraction of sp³-hybridized carbons (Fsp3) is 0.0909. The van der Waals surface area contributed by atoms with Gasteiger partial charge in [-0.25, -0.2) is 4.39 Å². The number of benzene rings is 3. The number of ether oxygens (including phenoxy) is 1. The number of carbonyl (C=O) groups is 2. The molecule has 1 amide bonds. The van der Waals surface area contributed by atoms with Crippen molar-refractivity contribution in [2.45, 2.75) is 6.92 Å². The Kier molecular flexibility index (Phi) is 6.06. The maximum Gasteiger partial charge on any atom is 0.262 e. The first-order valence-electron chi connectivity index (χ1n) is 8.51. The quantitative estimate of drug-likeness (QED) is 0.593. The van der Waals surface area contributed by atoms with E-state index in [-0.39, 0.29) is 18.3 Å². The molecule has 28 heavy (non-hydrogen) atoms. The highest BCUT2D eigenvalue weighted by molar-refractivity contribution is 6.31. The molecule has 0 fully saturated rings. The van der Waals surface area contributed by atoms with Gasteiger partial charge in [0.15, 0.2) is 12.4 Å². The van der Waals surface area contributed by atoms with Crippen LogP contribution >= 0.6 is 11.6 Å². The second kappa shape index (κ2) is 8.67. The molecular formula is C22H17ClFNO3. The van der Waals surface area contributed by atoms with Gasteiger partial charge in [-0.3, -0.25) is 9.59 Å². The molecule has 0 saturated heterocycles. The molecule has 0 aliphatic rings. The molecule has 3 aromatic carbocycles. The van der Waals surface area contributed by atoms with Crippen LogP contribution < -0.4 is 10.1 Å². The molecule has 0 aromatic heterocycles. The predicted molar refractivity (Wildman–Crippen MR) is 107 cm³/mol. The normalized spacial score (nSPS) is 10.4. The number of amides is 1. The summed E-state index contributed by atoms with van der Waals surface area (Å²) in [5.74, 6) is -0.488. The van der Waals surface area contributed by atoms with Gasteiger partial charge in [0, 0.05) is 21.8 Å². The van der Waals surface area contributed by atoms with E-state index >= 15 is 0 Å². The van der Waals surface area contributed by atoms with Crippen LogP contribution in [-0.2, 0) is 4.79 Å². The van der Waals surface area contributed by atoms with Gasteiger partial charge in [-0.15, -0.1) is 0 Å². The average Bonchev–Trinajstić information content (AvgIpc) is 2.70. The van der Waals surface area contributed by atoms with Crippen molar-refractivity contribution in [2.24, 2.45) is 0 Å². The Balaban J connectivity index is 1.58. The molecule has 0 heterocycles. The number of ketones is 1. The maximum absolute atomic E-state index is 13.0. The van der Waals surface area contributed by atoms with Crippen LogP contribution in [0.2, 0.25) is 5.02 Å². The second-order valence-electron chi connectivity index (χ2n) is 6.16. The zero-order chi connectivity index (χ0) is 20.1. The number of rotatable bonds is 6. The molecule has 3 rings (SSSR count). The van der Waals surface area contributed by atoms with E-state index in [0.717, 1.165) is 5.56 Å². The highest BCUT2D eigenvalue weighted by atomic mass is 35.5. The molecule has 0 unspecified atom stereocenters. The Morgan fingerprint density at radius 2 is 1.57 bits per heavy atom. The van der Waals surface area contributed by atoms with Gasteiger partial charge in [0.2, 0.25) is 0 Å². The third-order valence-corrected chi connectivity index (χ3v) is 4.30. The van der Waals surface area contributed by atoms with Gasteiger partial charge in [0.05, 0.1) is 0 Å². The van der Waals surface area contributed by atoms with Crippen LogP contribution in [0.25, 0.3) is 0 Å². The minimum absolute atomic E-state index is 0.183. The number of anilines is 1. The smallest absolute Gasteiger partial charge is 0.262 e. The molecular weight excluding hydrogens is 381 g/mol. The van der Waals surface area contributed by atoms with Gasteiger partial charge < -0.3 is 10.1 Å². The molecule has 0 aliphatic carbocycles. The summed E-state index contributed by atoms with van der Waals surface area (Å²) in [7, 11) is 0. The fourth-order valence-corrected chi connectivity index (χ4v) is 2.71. The van der Waals surface area contributed by atoms with Gasteiger partial charge in [-0.1, -0.05) is 17.7 Å². The number of aryl methyl sites for hydroxylation is 1. The lowest BCUT2D eigenvalue weighted by atomic mass is 10.0. The molecule has 0 bridgehead atoms. The van der Waals surface area contributed by atoms with Crippen LogP contribution in [0.15, 0.2) is 66.7 Å². The van der Waals surface area contributed by atoms with E-state index in [4.69, 9.17) is 16.3 Å². The third-order valence-electron chi connectivity index (χ3n) is 4.07. The highest BCUT2D eigenvalue weighted by Gasteiger charge is 2.10. The minimum Gasteiger partial charge on any atom is -0.484 e. The fourth-order valence-electron chi connectivity index (χ4n) is 2.53. The number of carbonyl (C=O) groups excluding carboxylic acids is 2. The molecule has 0 atom stereocenters. The molecule has 6 heteroatoms. The first-order chi connectivity index (χ1) is 13.4. The summed E-state index contributed by atoms with van der Waals surface area (Å²) in [5, 5.41) is 3.27. The standard InChI is InChI=1S/C22H17ClFNO3/c1-14-2-7-17(23)12-20(14)25-21(26)13-28-19-10-5-16(6-11-19)22(27)15-3-8-18(24)9-4-15/h2-12H,13H2,1H3,(H,25,26). The van der Waals surface area contributed by atoms with E-state index in [0.29, 0.717) is 27.6 Å². The lowest BCUT2D eigenvalue weighted by Crippen LogP contribution is -2.20. The van der Waals surface area contributed by atoms with Crippen LogP contribution in [-0.4, -0.2) is 18.3 Å². The summed E-state index contributed by atoms with van der Waals surface area (Å²) in [6.45, 7) is 1.68. The summed E-state index contributed by atoms with van der Waals surface area (Å²) in [6.07, 6.45) is 0.